The summed E-state index contributed by atoms with van der Waals surface area (Å²) >= 11 is 6.00. The van der Waals surface area contributed by atoms with Gasteiger partial charge >= 0.3 is 23.9 Å². The monoisotopic (exact) mass is 414 g/mol. The highest BCUT2D eigenvalue weighted by Gasteiger charge is 2.49. The molecule has 0 radical (unpaired) electrons. The van der Waals surface area contributed by atoms with Crippen LogP contribution in [0.2, 0.25) is 5.02 Å². The van der Waals surface area contributed by atoms with Gasteiger partial charge in [0.1, 0.15) is 0 Å². The lowest BCUT2D eigenvalue weighted by atomic mass is 9.94. The molecule has 0 saturated heterocycles. The van der Waals surface area contributed by atoms with Crippen molar-refractivity contribution in [3.8, 4) is 0 Å². The molecule has 28 heavy (non-hydrogen) atoms. The summed E-state index contributed by atoms with van der Waals surface area (Å²) in [6.07, 6.45) is -1.43. The third-order valence-electron chi connectivity index (χ3n) is 3.50. The number of rotatable bonds is 10. The van der Waals surface area contributed by atoms with E-state index in [0.29, 0.717) is 0 Å². The van der Waals surface area contributed by atoms with Crippen molar-refractivity contribution in [2.75, 3.05) is 19.8 Å². The van der Waals surface area contributed by atoms with Crippen molar-refractivity contribution in [2.24, 2.45) is 0 Å². The van der Waals surface area contributed by atoms with Gasteiger partial charge in [-0.15, -0.1) is 0 Å². The van der Waals surface area contributed by atoms with Crippen LogP contribution >= 0.6 is 11.6 Å². The Bertz CT molecular complexity index is 696. The van der Waals surface area contributed by atoms with Crippen LogP contribution < -0.4 is 0 Å². The summed E-state index contributed by atoms with van der Waals surface area (Å²) in [4.78, 5) is 49.5. The zero-order valence-corrected chi connectivity index (χ0v) is 16.7. The molecule has 0 aromatic heterocycles. The number of carbonyl (C=O) groups is 4. The van der Waals surface area contributed by atoms with E-state index in [-0.39, 0.29) is 30.4 Å². The second kappa shape index (κ2) is 11.3. The van der Waals surface area contributed by atoms with Crippen LogP contribution in [0.4, 0.5) is 0 Å². The Labute approximate surface area is 168 Å². The van der Waals surface area contributed by atoms with Crippen molar-refractivity contribution in [2.45, 2.75) is 39.2 Å². The second-order valence-corrected chi connectivity index (χ2v) is 5.95. The highest BCUT2D eigenvalue weighted by Crippen LogP contribution is 2.28. The molecule has 0 N–H and O–H groups in total. The normalized spacial score (nSPS) is 10.7. The molecule has 0 bridgehead atoms. The predicted molar refractivity (Wildman–Crippen MR) is 98.7 cm³/mol. The van der Waals surface area contributed by atoms with Crippen LogP contribution in [0.15, 0.2) is 24.3 Å². The zero-order chi connectivity index (χ0) is 21.2. The largest absolute Gasteiger partial charge is 0.466 e. The molecule has 0 unspecified atom stereocenters. The van der Waals surface area contributed by atoms with Gasteiger partial charge in [-0.1, -0.05) is 23.7 Å². The minimum absolute atomic E-state index is 0.0365. The number of carbonyl (C=O) groups excluding carboxylic acids is 4. The van der Waals surface area contributed by atoms with Gasteiger partial charge in [0.15, 0.2) is 0 Å². The van der Waals surface area contributed by atoms with Gasteiger partial charge in [-0.05, 0) is 32.9 Å². The van der Waals surface area contributed by atoms with Gasteiger partial charge in [-0.3, -0.25) is 9.59 Å². The highest BCUT2D eigenvalue weighted by molar-refractivity contribution is 6.33. The fourth-order valence-corrected chi connectivity index (χ4v) is 2.55. The number of halogens is 1. The second-order valence-electron chi connectivity index (χ2n) is 5.55. The van der Waals surface area contributed by atoms with Crippen molar-refractivity contribution in [3.63, 3.8) is 0 Å². The summed E-state index contributed by atoms with van der Waals surface area (Å²) in [6.45, 7) is 4.70. The average molecular weight is 415 g/mol. The number of benzene rings is 1. The Morgan fingerprint density at radius 1 is 0.857 bits per heavy atom. The fraction of sp³-hybridized carbons (Fsp3) is 0.474. The van der Waals surface area contributed by atoms with E-state index < -0.39 is 42.3 Å². The summed E-state index contributed by atoms with van der Waals surface area (Å²) < 4.78 is 20.0. The minimum atomic E-state index is -2.25. The molecule has 0 spiro atoms. The van der Waals surface area contributed by atoms with Crippen molar-refractivity contribution < 1.29 is 38.1 Å². The average Bonchev–Trinajstić information content (AvgIpc) is 2.62. The summed E-state index contributed by atoms with van der Waals surface area (Å²) in [6, 6.07) is 6.00. The topological polar surface area (TPSA) is 105 Å². The van der Waals surface area contributed by atoms with Crippen molar-refractivity contribution in [1.29, 1.82) is 0 Å². The highest BCUT2D eigenvalue weighted by atomic mass is 35.5. The Kier molecular flexibility index (Phi) is 9.44. The quantitative estimate of drug-likeness (QED) is 0.425. The number of esters is 4. The van der Waals surface area contributed by atoms with Crippen molar-refractivity contribution in [1.82, 2.24) is 0 Å². The lowest BCUT2D eigenvalue weighted by Crippen LogP contribution is -2.48. The van der Waals surface area contributed by atoms with Crippen LogP contribution in [-0.4, -0.2) is 49.3 Å². The molecule has 0 aliphatic heterocycles. The van der Waals surface area contributed by atoms with Gasteiger partial charge in [0, 0.05) is 0 Å². The first-order chi connectivity index (χ1) is 13.3. The molecular formula is C19H23ClO8. The Morgan fingerprint density at radius 3 is 1.82 bits per heavy atom. The van der Waals surface area contributed by atoms with Crippen LogP contribution in [0, 0.1) is 0 Å². The summed E-state index contributed by atoms with van der Waals surface area (Å²) in [7, 11) is 0. The molecule has 0 aliphatic carbocycles. The van der Waals surface area contributed by atoms with E-state index in [4.69, 9.17) is 30.5 Å². The maximum Gasteiger partial charge on any atom is 0.351 e. The minimum Gasteiger partial charge on any atom is -0.466 e. The zero-order valence-electron chi connectivity index (χ0n) is 16.0. The molecule has 9 heteroatoms. The van der Waals surface area contributed by atoms with Crippen molar-refractivity contribution >= 4 is 35.5 Å². The lowest BCUT2D eigenvalue weighted by molar-refractivity contribution is -0.177. The van der Waals surface area contributed by atoms with E-state index in [9.17, 15) is 19.2 Å². The van der Waals surface area contributed by atoms with Gasteiger partial charge in [0.2, 0.25) is 5.60 Å². The first-order valence-corrected chi connectivity index (χ1v) is 9.13. The maximum absolute atomic E-state index is 12.6. The van der Waals surface area contributed by atoms with Crippen LogP contribution in [0.5, 0.6) is 0 Å². The smallest absolute Gasteiger partial charge is 0.351 e. The van der Waals surface area contributed by atoms with Crippen LogP contribution in [0.25, 0.3) is 0 Å². The molecular weight excluding hydrogens is 392 g/mol. The lowest BCUT2D eigenvalue weighted by Gasteiger charge is -2.29. The molecule has 0 saturated carbocycles. The molecule has 0 atom stereocenters. The molecule has 0 heterocycles. The molecule has 154 valence electrons. The standard InChI is InChI=1S/C19H23ClO8/c1-4-25-15(21)11-19(18(24)27-6-3,12-16(22)26-5-2)28-17(23)13-9-7-8-10-14(13)20/h7-10H,4-6,11-12H2,1-3H3. The van der Waals surface area contributed by atoms with Crippen LogP contribution in [0.1, 0.15) is 44.0 Å². The third kappa shape index (κ3) is 6.53. The SMILES string of the molecule is CCOC(=O)CC(CC(=O)OCC)(OC(=O)c1ccccc1Cl)C(=O)OCC. The first-order valence-electron chi connectivity index (χ1n) is 8.76. The van der Waals surface area contributed by atoms with Crippen molar-refractivity contribution in [3.05, 3.63) is 34.9 Å². The van der Waals surface area contributed by atoms with Crippen LogP contribution in [-0.2, 0) is 33.3 Å². The van der Waals surface area contributed by atoms with Crippen LogP contribution in [0.3, 0.4) is 0 Å². The van der Waals surface area contributed by atoms with E-state index in [1.807, 2.05) is 0 Å². The molecule has 0 fully saturated rings. The van der Waals surface area contributed by atoms with E-state index >= 15 is 0 Å². The van der Waals surface area contributed by atoms with E-state index in [0.717, 1.165) is 0 Å². The summed E-state index contributed by atoms with van der Waals surface area (Å²) in [5.41, 5.74) is -2.28. The van der Waals surface area contributed by atoms with Gasteiger partial charge in [0.25, 0.3) is 0 Å². The Balaban J connectivity index is 3.32. The molecule has 1 aromatic carbocycles. The van der Waals surface area contributed by atoms with E-state index in [2.05, 4.69) is 0 Å². The number of ether oxygens (including phenoxy) is 4. The number of hydrogen-bond donors (Lipinski definition) is 0. The van der Waals surface area contributed by atoms with Gasteiger partial charge < -0.3 is 18.9 Å². The maximum atomic E-state index is 12.6. The Hall–Kier alpha value is -2.61. The number of hydrogen-bond acceptors (Lipinski definition) is 8. The summed E-state index contributed by atoms with van der Waals surface area (Å²) in [5, 5.41) is 0.0810. The molecule has 8 nitrogen and oxygen atoms in total. The van der Waals surface area contributed by atoms with Gasteiger partial charge in [0.05, 0.1) is 43.2 Å². The Morgan fingerprint density at radius 2 is 1.36 bits per heavy atom. The molecule has 0 amide bonds. The molecule has 0 aliphatic rings. The van der Waals surface area contributed by atoms with Gasteiger partial charge in [-0.2, -0.15) is 0 Å². The summed E-state index contributed by atoms with van der Waals surface area (Å²) in [5.74, 6) is -3.73. The van der Waals surface area contributed by atoms with E-state index in [1.165, 1.54) is 19.1 Å². The predicted octanol–water partition coefficient (Wildman–Crippen LogP) is 2.71. The molecule has 1 aromatic rings. The first kappa shape index (κ1) is 23.4. The fourth-order valence-electron chi connectivity index (χ4n) is 2.33. The molecule has 1 rings (SSSR count). The van der Waals surface area contributed by atoms with Gasteiger partial charge in [-0.25, -0.2) is 9.59 Å². The van der Waals surface area contributed by atoms with E-state index in [1.54, 1.807) is 26.0 Å². The third-order valence-corrected chi connectivity index (χ3v) is 3.83.